The minimum atomic E-state index is -4.44. The van der Waals surface area contributed by atoms with E-state index in [-0.39, 0.29) is 18.1 Å². The Morgan fingerprint density at radius 3 is 2.48 bits per heavy atom. The van der Waals surface area contributed by atoms with Gasteiger partial charge >= 0.3 is 6.18 Å². The third-order valence-electron chi connectivity index (χ3n) is 4.72. The largest absolute Gasteiger partial charge is 0.492 e. The SMILES string of the molecule is CCOc1ccccc1N1CCN(CC(=O)Nc2cccc(C(F)(F)F)c2)CC1. The van der Waals surface area contributed by atoms with Gasteiger partial charge < -0.3 is 15.0 Å². The van der Waals surface area contributed by atoms with Gasteiger partial charge in [-0.3, -0.25) is 9.69 Å². The highest BCUT2D eigenvalue weighted by Crippen LogP contribution is 2.31. The van der Waals surface area contributed by atoms with E-state index >= 15 is 0 Å². The van der Waals surface area contributed by atoms with Crippen LogP contribution in [0.25, 0.3) is 0 Å². The fourth-order valence-electron chi connectivity index (χ4n) is 3.32. The molecule has 1 heterocycles. The van der Waals surface area contributed by atoms with E-state index in [1.54, 1.807) is 0 Å². The van der Waals surface area contributed by atoms with Gasteiger partial charge in [0.05, 0.1) is 24.4 Å². The first-order valence-electron chi connectivity index (χ1n) is 9.53. The van der Waals surface area contributed by atoms with Crippen molar-refractivity contribution in [3.05, 3.63) is 54.1 Å². The summed E-state index contributed by atoms with van der Waals surface area (Å²) < 4.78 is 44.1. The van der Waals surface area contributed by atoms with Crippen molar-refractivity contribution in [1.82, 2.24) is 4.90 Å². The molecule has 29 heavy (non-hydrogen) atoms. The van der Waals surface area contributed by atoms with Crippen LogP contribution in [0, 0.1) is 0 Å². The van der Waals surface area contributed by atoms with Gasteiger partial charge in [-0.15, -0.1) is 0 Å². The highest BCUT2D eigenvalue weighted by molar-refractivity contribution is 5.92. The predicted molar refractivity (Wildman–Crippen MR) is 106 cm³/mol. The third-order valence-corrected chi connectivity index (χ3v) is 4.72. The number of rotatable bonds is 6. The van der Waals surface area contributed by atoms with Gasteiger partial charge in [-0.2, -0.15) is 13.2 Å². The summed E-state index contributed by atoms with van der Waals surface area (Å²) >= 11 is 0. The van der Waals surface area contributed by atoms with Gasteiger partial charge in [0.15, 0.2) is 0 Å². The number of hydrogen-bond acceptors (Lipinski definition) is 4. The lowest BCUT2D eigenvalue weighted by Gasteiger charge is -2.36. The van der Waals surface area contributed by atoms with E-state index in [9.17, 15) is 18.0 Å². The zero-order valence-corrected chi connectivity index (χ0v) is 16.2. The molecule has 8 heteroatoms. The molecule has 2 aromatic carbocycles. The van der Waals surface area contributed by atoms with Crippen molar-refractivity contribution in [1.29, 1.82) is 0 Å². The van der Waals surface area contributed by atoms with Crippen LogP contribution < -0.4 is 15.0 Å². The molecule has 156 valence electrons. The molecule has 0 aromatic heterocycles. The van der Waals surface area contributed by atoms with Gasteiger partial charge in [0.1, 0.15) is 5.75 Å². The topological polar surface area (TPSA) is 44.8 Å². The third kappa shape index (κ3) is 5.63. The summed E-state index contributed by atoms with van der Waals surface area (Å²) in [6.07, 6.45) is -4.44. The zero-order chi connectivity index (χ0) is 20.9. The molecule has 0 saturated carbocycles. The summed E-state index contributed by atoms with van der Waals surface area (Å²) in [6, 6.07) is 12.5. The number of alkyl halides is 3. The number of nitrogens with one attached hydrogen (secondary N) is 1. The van der Waals surface area contributed by atoms with Crippen LogP contribution in [0.1, 0.15) is 12.5 Å². The fraction of sp³-hybridized carbons (Fsp3) is 0.381. The van der Waals surface area contributed by atoms with Gasteiger partial charge in [-0.05, 0) is 37.3 Å². The Morgan fingerprint density at radius 2 is 1.79 bits per heavy atom. The normalized spacial score (nSPS) is 15.2. The van der Waals surface area contributed by atoms with E-state index in [0.717, 1.165) is 36.7 Å². The zero-order valence-electron chi connectivity index (χ0n) is 16.2. The van der Waals surface area contributed by atoms with Crippen molar-refractivity contribution in [3.63, 3.8) is 0 Å². The fourth-order valence-corrected chi connectivity index (χ4v) is 3.32. The number of benzene rings is 2. The number of amides is 1. The Balaban J connectivity index is 1.53. The second kappa shape index (κ2) is 9.17. The summed E-state index contributed by atoms with van der Waals surface area (Å²) in [5, 5.41) is 2.56. The molecule has 0 radical (unpaired) electrons. The van der Waals surface area contributed by atoms with E-state index in [0.29, 0.717) is 19.7 Å². The van der Waals surface area contributed by atoms with Gasteiger partial charge in [-0.1, -0.05) is 18.2 Å². The Labute approximate surface area is 168 Å². The molecule has 0 unspecified atom stereocenters. The van der Waals surface area contributed by atoms with Crippen LogP contribution in [0.15, 0.2) is 48.5 Å². The lowest BCUT2D eigenvalue weighted by Crippen LogP contribution is -2.48. The van der Waals surface area contributed by atoms with Crippen LogP contribution in [0.2, 0.25) is 0 Å². The lowest BCUT2D eigenvalue weighted by molar-refractivity contribution is -0.137. The Kier molecular flexibility index (Phi) is 6.64. The van der Waals surface area contributed by atoms with Gasteiger partial charge in [-0.25, -0.2) is 0 Å². The van der Waals surface area contributed by atoms with E-state index < -0.39 is 11.7 Å². The van der Waals surface area contributed by atoms with Crippen molar-refractivity contribution >= 4 is 17.3 Å². The van der Waals surface area contributed by atoms with Crippen LogP contribution in [-0.4, -0.2) is 50.1 Å². The van der Waals surface area contributed by atoms with Gasteiger partial charge in [0.2, 0.25) is 5.91 Å². The number of anilines is 2. The minimum Gasteiger partial charge on any atom is -0.492 e. The molecule has 1 aliphatic rings. The highest BCUT2D eigenvalue weighted by Gasteiger charge is 2.30. The lowest BCUT2D eigenvalue weighted by atomic mass is 10.2. The molecule has 0 spiro atoms. The van der Waals surface area contributed by atoms with Crippen molar-refractivity contribution in [2.45, 2.75) is 13.1 Å². The average molecular weight is 407 g/mol. The Morgan fingerprint density at radius 1 is 1.07 bits per heavy atom. The van der Waals surface area contributed by atoms with E-state index in [1.807, 2.05) is 36.1 Å². The molecule has 1 amide bonds. The van der Waals surface area contributed by atoms with E-state index in [1.165, 1.54) is 12.1 Å². The summed E-state index contributed by atoms with van der Waals surface area (Å²) in [5.41, 5.74) is 0.397. The number of carbonyl (C=O) groups is 1. The molecule has 1 aliphatic heterocycles. The number of para-hydroxylation sites is 2. The molecule has 1 fully saturated rings. The number of hydrogen-bond donors (Lipinski definition) is 1. The summed E-state index contributed by atoms with van der Waals surface area (Å²) in [6.45, 7) is 5.50. The van der Waals surface area contributed by atoms with Crippen LogP contribution in [0.3, 0.4) is 0 Å². The summed E-state index contributed by atoms with van der Waals surface area (Å²) in [4.78, 5) is 16.5. The maximum absolute atomic E-state index is 12.8. The first-order chi connectivity index (χ1) is 13.9. The molecule has 0 atom stereocenters. The number of nitrogens with zero attached hydrogens (tertiary/aromatic N) is 2. The Hall–Kier alpha value is -2.74. The standard InChI is InChI=1S/C21H24F3N3O2/c1-2-29-19-9-4-3-8-18(19)27-12-10-26(11-13-27)15-20(28)25-17-7-5-6-16(14-17)21(22,23)24/h3-9,14H,2,10-13,15H2,1H3,(H,25,28). The quantitative estimate of drug-likeness (QED) is 0.790. The molecule has 5 nitrogen and oxygen atoms in total. The molecule has 0 bridgehead atoms. The molecule has 2 aromatic rings. The number of ether oxygens (including phenoxy) is 1. The molecule has 1 N–H and O–H groups in total. The Bertz CT molecular complexity index is 834. The van der Waals surface area contributed by atoms with Crippen molar-refractivity contribution in [3.8, 4) is 5.75 Å². The van der Waals surface area contributed by atoms with Crippen LogP contribution in [-0.2, 0) is 11.0 Å². The minimum absolute atomic E-state index is 0.136. The maximum Gasteiger partial charge on any atom is 0.416 e. The van der Waals surface area contributed by atoms with Gasteiger partial charge in [0.25, 0.3) is 0 Å². The molecular weight excluding hydrogens is 383 g/mol. The smallest absolute Gasteiger partial charge is 0.416 e. The summed E-state index contributed by atoms with van der Waals surface area (Å²) in [5.74, 6) is 0.512. The molecular formula is C21H24F3N3O2. The predicted octanol–water partition coefficient (Wildman–Crippen LogP) is 3.86. The van der Waals surface area contributed by atoms with Gasteiger partial charge in [0, 0.05) is 31.9 Å². The molecule has 1 saturated heterocycles. The highest BCUT2D eigenvalue weighted by atomic mass is 19.4. The summed E-state index contributed by atoms with van der Waals surface area (Å²) in [7, 11) is 0. The van der Waals surface area contributed by atoms with Crippen molar-refractivity contribution < 1.29 is 22.7 Å². The van der Waals surface area contributed by atoms with Crippen LogP contribution in [0.4, 0.5) is 24.5 Å². The van der Waals surface area contributed by atoms with Crippen LogP contribution in [0.5, 0.6) is 5.75 Å². The number of carbonyl (C=O) groups excluding carboxylic acids is 1. The average Bonchev–Trinajstić information content (AvgIpc) is 2.69. The van der Waals surface area contributed by atoms with Crippen molar-refractivity contribution in [2.75, 3.05) is 49.5 Å². The molecule has 0 aliphatic carbocycles. The second-order valence-electron chi connectivity index (χ2n) is 6.79. The second-order valence-corrected chi connectivity index (χ2v) is 6.79. The van der Waals surface area contributed by atoms with Crippen molar-refractivity contribution in [2.24, 2.45) is 0 Å². The first kappa shape index (κ1) is 21.0. The monoisotopic (exact) mass is 407 g/mol. The molecule has 3 rings (SSSR count). The van der Waals surface area contributed by atoms with E-state index in [2.05, 4.69) is 10.2 Å². The maximum atomic E-state index is 12.8. The first-order valence-corrected chi connectivity index (χ1v) is 9.53. The number of halogens is 3. The van der Waals surface area contributed by atoms with Crippen LogP contribution >= 0.6 is 0 Å². The number of piperazine rings is 1. The van der Waals surface area contributed by atoms with E-state index in [4.69, 9.17) is 4.74 Å².